The lowest BCUT2D eigenvalue weighted by atomic mass is 10.00. The maximum absolute atomic E-state index is 11.5. The van der Waals surface area contributed by atoms with Gasteiger partial charge in [0, 0.05) is 12.1 Å². The van der Waals surface area contributed by atoms with Crippen LogP contribution in [0, 0.1) is 0 Å². The first kappa shape index (κ1) is 13.3. The number of rotatable bonds is 3. The zero-order valence-corrected chi connectivity index (χ0v) is 12.1. The van der Waals surface area contributed by atoms with E-state index in [9.17, 15) is 8.42 Å². The Hall–Kier alpha value is -1.66. The van der Waals surface area contributed by atoms with Gasteiger partial charge in [-0.2, -0.15) is 0 Å². The Morgan fingerprint density at radius 2 is 2.05 bits per heavy atom. The van der Waals surface area contributed by atoms with Crippen LogP contribution in [0.1, 0.15) is 24.6 Å². The quantitative estimate of drug-likeness (QED) is 0.940. The molecule has 3 rings (SSSR count). The molecule has 5 nitrogen and oxygen atoms in total. The molecule has 20 heavy (non-hydrogen) atoms. The summed E-state index contributed by atoms with van der Waals surface area (Å²) in [4.78, 5) is 4.48. The maximum atomic E-state index is 11.5. The molecule has 0 spiro atoms. The summed E-state index contributed by atoms with van der Waals surface area (Å²) in [6, 6.07) is 9.67. The zero-order valence-electron chi connectivity index (χ0n) is 11.3. The molecule has 0 radical (unpaired) electrons. The van der Waals surface area contributed by atoms with Crippen LogP contribution in [-0.2, 0) is 16.6 Å². The van der Waals surface area contributed by atoms with Crippen molar-refractivity contribution in [3.8, 4) is 11.3 Å². The number of hydrogen-bond acceptors (Lipinski definition) is 3. The number of benzene rings is 1. The summed E-state index contributed by atoms with van der Waals surface area (Å²) in [6.07, 6.45) is 4.75. The smallest absolute Gasteiger partial charge is 0.209 e. The summed E-state index contributed by atoms with van der Waals surface area (Å²) >= 11 is 0. The van der Waals surface area contributed by atoms with Gasteiger partial charge in [0.1, 0.15) is 0 Å². The Kier molecular flexibility index (Phi) is 3.35. The predicted octanol–water partition coefficient (Wildman–Crippen LogP) is 1.93. The summed E-state index contributed by atoms with van der Waals surface area (Å²) in [6.45, 7) is 0.886. The van der Waals surface area contributed by atoms with Crippen LogP contribution in [0.15, 0.2) is 36.7 Å². The Balaban J connectivity index is 2.06. The number of imidazole rings is 1. The van der Waals surface area contributed by atoms with E-state index in [0.29, 0.717) is 0 Å². The number of nitrogens with zero attached hydrogens (tertiary/aromatic N) is 2. The Morgan fingerprint density at radius 3 is 2.75 bits per heavy atom. The molecule has 6 heteroatoms. The highest BCUT2D eigenvalue weighted by molar-refractivity contribution is 7.88. The average Bonchev–Trinajstić information content (AvgIpc) is 2.83. The lowest BCUT2D eigenvalue weighted by Gasteiger charge is -2.25. The van der Waals surface area contributed by atoms with Gasteiger partial charge in [0.15, 0.2) is 0 Å². The lowest BCUT2D eigenvalue weighted by Crippen LogP contribution is -2.31. The van der Waals surface area contributed by atoms with E-state index >= 15 is 0 Å². The molecule has 0 fully saturated rings. The van der Waals surface area contributed by atoms with Gasteiger partial charge in [0.05, 0.1) is 30.0 Å². The summed E-state index contributed by atoms with van der Waals surface area (Å²) in [7, 11) is -3.23. The van der Waals surface area contributed by atoms with Crippen molar-refractivity contribution in [3.05, 3.63) is 42.4 Å². The zero-order chi connectivity index (χ0) is 14.2. The van der Waals surface area contributed by atoms with E-state index in [1.165, 1.54) is 6.26 Å². The first-order valence-corrected chi connectivity index (χ1v) is 8.51. The molecule has 1 aliphatic heterocycles. The topological polar surface area (TPSA) is 64.0 Å². The fourth-order valence-electron chi connectivity index (χ4n) is 2.73. The van der Waals surface area contributed by atoms with Gasteiger partial charge in [0.25, 0.3) is 0 Å². The summed E-state index contributed by atoms with van der Waals surface area (Å²) in [5.41, 5.74) is 2.85. The molecular weight excluding hydrogens is 274 g/mol. The Bertz CT molecular complexity index is 707. The minimum Gasteiger partial charge on any atom is -0.333 e. The van der Waals surface area contributed by atoms with Crippen molar-refractivity contribution in [1.29, 1.82) is 0 Å². The van der Waals surface area contributed by atoms with Crippen molar-refractivity contribution < 1.29 is 8.42 Å². The molecule has 1 N–H and O–H groups in total. The molecule has 0 saturated heterocycles. The number of hydrogen-bond donors (Lipinski definition) is 1. The minimum absolute atomic E-state index is 0.198. The first-order valence-electron chi connectivity index (χ1n) is 6.62. The normalized spacial score (nSPS) is 18.8. The highest BCUT2D eigenvalue weighted by atomic mass is 32.2. The summed E-state index contributed by atoms with van der Waals surface area (Å²) < 4.78 is 27.8. The molecule has 1 atom stereocenters. The van der Waals surface area contributed by atoms with Crippen LogP contribution in [0.5, 0.6) is 0 Å². The van der Waals surface area contributed by atoms with E-state index in [0.717, 1.165) is 36.3 Å². The van der Waals surface area contributed by atoms with Gasteiger partial charge < -0.3 is 4.57 Å². The standard InChI is InChI=1S/C14H17N3O2S/c1-20(18,19)16-12-8-5-9-17-10-15-13(14(12)17)11-6-3-2-4-7-11/h2-4,6-7,10,12,16H,5,8-9H2,1H3/t12-/m0/s1. The van der Waals surface area contributed by atoms with Crippen LogP contribution in [-0.4, -0.2) is 24.2 Å². The third-order valence-corrected chi connectivity index (χ3v) is 4.22. The number of nitrogens with one attached hydrogen (secondary N) is 1. The van der Waals surface area contributed by atoms with Gasteiger partial charge in [-0.25, -0.2) is 18.1 Å². The molecule has 1 aliphatic rings. The molecule has 2 aromatic rings. The Labute approximate surface area is 118 Å². The molecule has 0 saturated carbocycles. The molecule has 106 valence electrons. The van der Waals surface area contributed by atoms with Crippen molar-refractivity contribution >= 4 is 10.0 Å². The fourth-order valence-corrected chi connectivity index (χ4v) is 3.48. The minimum atomic E-state index is -3.23. The second kappa shape index (κ2) is 5.03. The van der Waals surface area contributed by atoms with E-state index in [2.05, 4.69) is 14.3 Å². The molecule has 0 bridgehead atoms. The van der Waals surface area contributed by atoms with E-state index < -0.39 is 10.0 Å². The highest BCUT2D eigenvalue weighted by Crippen LogP contribution is 2.33. The second-order valence-electron chi connectivity index (χ2n) is 5.12. The van der Waals surface area contributed by atoms with Crippen molar-refractivity contribution in [1.82, 2.24) is 14.3 Å². The van der Waals surface area contributed by atoms with Crippen molar-refractivity contribution in [3.63, 3.8) is 0 Å². The molecule has 1 aromatic heterocycles. The van der Waals surface area contributed by atoms with Crippen molar-refractivity contribution in [2.45, 2.75) is 25.4 Å². The molecule has 0 aliphatic carbocycles. The molecule has 0 unspecified atom stereocenters. The van der Waals surface area contributed by atoms with Crippen molar-refractivity contribution in [2.24, 2.45) is 0 Å². The van der Waals surface area contributed by atoms with Crippen LogP contribution in [0.25, 0.3) is 11.3 Å². The van der Waals surface area contributed by atoms with Crippen LogP contribution >= 0.6 is 0 Å². The van der Waals surface area contributed by atoms with Crippen LogP contribution in [0.4, 0.5) is 0 Å². The van der Waals surface area contributed by atoms with E-state index in [4.69, 9.17) is 0 Å². The third-order valence-electron chi connectivity index (χ3n) is 3.50. The average molecular weight is 291 g/mol. The third kappa shape index (κ3) is 2.62. The van der Waals surface area contributed by atoms with Gasteiger partial charge in [0.2, 0.25) is 10.0 Å². The van der Waals surface area contributed by atoms with Gasteiger partial charge in [-0.1, -0.05) is 30.3 Å². The van der Waals surface area contributed by atoms with Gasteiger partial charge in [-0.3, -0.25) is 0 Å². The first-order chi connectivity index (χ1) is 9.54. The summed E-state index contributed by atoms with van der Waals surface area (Å²) in [5, 5.41) is 0. The van der Waals surface area contributed by atoms with Gasteiger partial charge in [-0.05, 0) is 12.8 Å². The highest BCUT2D eigenvalue weighted by Gasteiger charge is 2.27. The predicted molar refractivity (Wildman–Crippen MR) is 77.6 cm³/mol. The molecular formula is C14H17N3O2S. The van der Waals surface area contributed by atoms with Crippen LogP contribution < -0.4 is 4.72 Å². The second-order valence-corrected chi connectivity index (χ2v) is 6.90. The molecule has 0 amide bonds. The lowest BCUT2D eigenvalue weighted by molar-refractivity contribution is 0.436. The molecule has 1 aromatic carbocycles. The molecule has 2 heterocycles. The van der Waals surface area contributed by atoms with E-state index in [-0.39, 0.29) is 6.04 Å². The fraction of sp³-hybridized carbons (Fsp3) is 0.357. The van der Waals surface area contributed by atoms with Crippen molar-refractivity contribution in [2.75, 3.05) is 6.26 Å². The van der Waals surface area contributed by atoms with Crippen LogP contribution in [0.3, 0.4) is 0 Å². The summed E-state index contributed by atoms with van der Waals surface area (Å²) in [5.74, 6) is 0. The van der Waals surface area contributed by atoms with E-state index in [1.807, 2.05) is 30.3 Å². The number of aryl methyl sites for hydroxylation is 1. The Morgan fingerprint density at radius 1 is 1.30 bits per heavy atom. The number of sulfonamides is 1. The van der Waals surface area contributed by atoms with Gasteiger partial charge >= 0.3 is 0 Å². The maximum Gasteiger partial charge on any atom is 0.209 e. The largest absolute Gasteiger partial charge is 0.333 e. The monoisotopic (exact) mass is 291 g/mol. The van der Waals surface area contributed by atoms with Crippen LogP contribution in [0.2, 0.25) is 0 Å². The number of fused-ring (bicyclic) bond motifs is 1. The van der Waals surface area contributed by atoms with Gasteiger partial charge in [-0.15, -0.1) is 0 Å². The number of aromatic nitrogens is 2. The SMILES string of the molecule is CS(=O)(=O)N[C@H]1CCCn2cnc(-c3ccccc3)c21. The van der Waals surface area contributed by atoms with E-state index in [1.54, 1.807) is 6.33 Å².